The van der Waals surface area contributed by atoms with Gasteiger partial charge in [-0.2, -0.15) is 0 Å². The van der Waals surface area contributed by atoms with Crippen LogP contribution in [0.25, 0.3) is 22.3 Å². The van der Waals surface area contributed by atoms with Crippen molar-refractivity contribution in [3.05, 3.63) is 101 Å². The number of methoxy groups -OCH3 is 1. The molecule has 0 aliphatic rings. The van der Waals surface area contributed by atoms with Crippen molar-refractivity contribution in [2.24, 2.45) is 0 Å². The first-order valence-electron chi connectivity index (χ1n) is 15.5. The maximum Gasteiger partial charge on any atom is 0.305 e. The summed E-state index contributed by atoms with van der Waals surface area (Å²) in [5, 5.41) is 19.3. The molecular formula is C36H36F3N3O6. The van der Waals surface area contributed by atoms with E-state index in [2.05, 4.69) is 15.0 Å². The summed E-state index contributed by atoms with van der Waals surface area (Å²) in [5.41, 5.74) is 1.05. The smallest absolute Gasteiger partial charge is 0.305 e. The summed E-state index contributed by atoms with van der Waals surface area (Å²) in [4.78, 5) is 33.6. The van der Waals surface area contributed by atoms with Crippen molar-refractivity contribution in [3.8, 4) is 22.9 Å². The number of unbranched alkanes of at least 4 members (excludes halogenated alkanes) is 1. The van der Waals surface area contributed by atoms with Gasteiger partial charge < -0.3 is 29.7 Å². The molecule has 0 spiro atoms. The van der Waals surface area contributed by atoms with Crippen molar-refractivity contribution in [2.75, 3.05) is 13.7 Å². The number of ether oxygens (including phenoxy) is 2. The van der Waals surface area contributed by atoms with Crippen molar-refractivity contribution in [1.29, 1.82) is 0 Å². The fourth-order valence-corrected chi connectivity index (χ4v) is 5.96. The molecule has 5 rings (SSSR count). The highest BCUT2D eigenvalue weighted by Gasteiger charge is 2.34. The van der Waals surface area contributed by atoms with Gasteiger partial charge in [-0.3, -0.25) is 9.59 Å². The minimum atomic E-state index is -1.05. The second-order valence-corrected chi connectivity index (χ2v) is 11.8. The molecule has 0 aliphatic carbocycles. The van der Waals surface area contributed by atoms with Crippen LogP contribution >= 0.6 is 0 Å². The van der Waals surface area contributed by atoms with E-state index in [1.54, 1.807) is 30.5 Å². The number of imidazole rings is 1. The summed E-state index contributed by atoms with van der Waals surface area (Å²) in [5.74, 6) is -3.31. The normalized spacial score (nSPS) is 12.6. The summed E-state index contributed by atoms with van der Waals surface area (Å²) < 4.78 is 57.3. The van der Waals surface area contributed by atoms with E-state index in [1.807, 2.05) is 6.92 Å². The number of aliphatic hydroxyl groups excluding tert-OH is 1. The van der Waals surface area contributed by atoms with Crippen LogP contribution in [0.2, 0.25) is 0 Å². The molecule has 48 heavy (non-hydrogen) atoms. The second kappa shape index (κ2) is 14.8. The summed E-state index contributed by atoms with van der Waals surface area (Å²) >= 11 is 0. The number of hydrogen-bond acceptors (Lipinski definition) is 6. The molecule has 0 aliphatic heterocycles. The number of aryl methyl sites for hydroxylation is 2. The van der Waals surface area contributed by atoms with Crippen LogP contribution in [-0.2, 0) is 32.6 Å². The topological polar surface area (TPSA) is 138 Å². The van der Waals surface area contributed by atoms with E-state index >= 15 is 13.2 Å². The lowest BCUT2D eigenvalue weighted by atomic mass is 9.75. The van der Waals surface area contributed by atoms with Gasteiger partial charge in [-0.25, -0.2) is 18.2 Å². The Morgan fingerprint density at radius 3 is 2.56 bits per heavy atom. The molecule has 4 N–H and O–H groups in total. The molecule has 0 saturated carbocycles. The van der Waals surface area contributed by atoms with Gasteiger partial charge in [-0.15, -0.1) is 0 Å². The number of carboxylic acid groups (broad SMARTS) is 1. The van der Waals surface area contributed by atoms with Crippen LogP contribution in [0.15, 0.2) is 60.9 Å². The van der Waals surface area contributed by atoms with Gasteiger partial charge in [0.25, 0.3) is 0 Å². The number of rotatable bonds is 15. The Morgan fingerprint density at radius 1 is 1.00 bits per heavy atom. The fourth-order valence-electron chi connectivity index (χ4n) is 5.96. The molecule has 2 heterocycles. The SMILES string of the molecule is COC(=O)CCc1cccc(C(C)(CCCCO)c2cnc(-c3cc(Oc4c(F)cc5[nH]ccc5c4CCC(=O)O)ccc3F)[nH]2)c1F. The molecule has 1 unspecified atom stereocenters. The number of nitrogens with zero attached hydrogens (tertiary/aromatic N) is 1. The Kier molecular flexibility index (Phi) is 10.5. The maximum atomic E-state index is 16.0. The Balaban J connectivity index is 1.50. The van der Waals surface area contributed by atoms with Gasteiger partial charge in [0.05, 0.1) is 12.7 Å². The standard InChI is InChI=1S/C36H36F3N3O6/c1-36(15-3-4-17-43,26-7-5-6-21(33(26)39)8-13-32(46)47-2)30-20-41-35(42-30)25-18-22(9-11-27(25)37)48-34-24(10-12-31(44)45)23-14-16-40-29(23)19-28(34)38/h5-7,9,11,14,16,18-20,40,43H,3-4,8,10,12-13,15,17H2,1-2H3,(H,41,42)(H,44,45). The Labute approximate surface area is 274 Å². The first kappa shape index (κ1) is 34.2. The molecule has 0 radical (unpaired) electrons. The average molecular weight is 664 g/mol. The Hall–Kier alpha value is -5.10. The largest absolute Gasteiger partial charge is 0.481 e. The number of H-pyrrole nitrogens is 2. The zero-order valence-corrected chi connectivity index (χ0v) is 26.5. The van der Waals surface area contributed by atoms with Crippen molar-refractivity contribution in [3.63, 3.8) is 0 Å². The van der Waals surface area contributed by atoms with Crippen LogP contribution in [0.3, 0.4) is 0 Å². The molecule has 0 fully saturated rings. The number of aliphatic hydroxyl groups is 1. The molecule has 5 aromatic rings. The number of aliphatic carboxylic acids is 1. The highest BCUT2D eigenvalue weighted by molar-refractivity contribution is 5.86. The number of benzene rings is 3. The number of aromatic nitrogens is 3. The number of carboxylic acids is 1. The van der Waals surface area contributed by atoms with E-state index in [0.29, 0.717) is 52.5 Å². The number of halogens is 3. The average Bonchev–Trinajstić information content (AvgIpc) is 3.75. The molecule has 0 saturated heterocycles. The van der Waals surface area contributed by atoms with Crippen LogP contribution in [0.4, 0.5) is 13.2 Å². The number of fused-ring (bicyclic) bond motifs is 1. The monoisotopic (exact) mass is 663 g/mol. The van der Waals surface area contributed by atoms with E-state index in [4.69, 9.17) is 9.47 Å². The molecular weight excluding hydrogens is 627 g/mol. The fraction of sp³-hybridized carbons (Fsp3) is 0.306. The van der Waals surface area contributed by atoms with Gasteiger partial charge in [0.1, 0.15) is 23.2 Å². The van der Waals surface area contributed by atoms with Gasteiger partial charge >= 0.3 is 11.9 Å². The van der Waals surface area contributed by atoms with Crippen molar-refractivity contribution in [2.45, 2.75) is 57.3 Å². The van der Waals surface area contributed by atoms with E-state index in [9.17, 15) is 19.8 Å². The number of hydrogen-bond donors (Lipinski definition) is 4. The van der Waals surface area contributed by atoms with Crippen LogP contribution in [-0.4, -0.2) is 50.8 Å². The van der Waals surface area contributed by atoms with Crippen LogP contribution < -0.4 is 4.74 Å². The number of carbonyl (C=O) groups is 2. The van der Waals surface area contributed by atoms with E-state index < -0.39 is 34.8 Å². The third-order valence-electron chi connectivity index (χ3n) is 8.62. The number of nitrogens with one attached hydrogen (secondary N) is 2. The first-order valence-corrected chi connectivity index (χ1v) is 15.5. The molecule has 0 bridgehead atoms. The molecule has 1 atom stereocenters. The van der Waals surface area contributed by atoms with Crippen molar-refractivity contribution < 1.29 is 42.4 Å². The van der Waals surface area contributed by atoms with Crippen molar-refractivity contribution in [1.82, 2.24) is 15.0 Å². The zero-order chi connectivity index (χ0) is 34.4. The van der Waals surface area contributed by atoms with Crippen LogP contribution in [0.5, 0.6) is 11.5 Å². The van der Waals surface area contributed by atoms with Gasteiger partial charge in [0.2, 0.25) is 0 Å². The van der Waals surface area contributed by atoms with E-state index in [0.717, 1.165) is 6.07 Å². The molecule has 0 amide bonds. The zero-order valence-electron chi connectivity index (χ0n) is 26.5. The van der Waals surface area contributed by atoms with Gasteiger partial charge in [0, 0.05) is 65.5 Å². The molecule has 2 aromatic heterocycles. The third kappa shape index (κ3) is 7.23. The molecule has 12 heteroatoms. The number of carbonyl (C=O) groups excluding carboxylic acids is 1. The molecule has 9 nitrogen and oxygen atoms in total. The van der Waals surface area contributed by atoms with Gasteiger partial charge in [-0.1, -0.05) is 18.2 Å². The predicted molar refractivity (Wildman–Crippen MR) is 172 cm³/mol. The van der Waals surface area contributed by atoms with E-state index in [1.165, 1.54) is 31.5 Å². The van der Waals surface area contributed by atoms with E-state index in [-0.39, 0.29) is 55.2 Å². The highest BCUT2D eigenvalue weighted by atomic mass is 19.1. The third-order valence-corrected chi connectivity index (χ3v) is 8.62. The maximum absolute atomic E-state index is 16.0. The summed E-state index contributed by atoms with van der Waals surface area (Å²) in [6, 6.07) is 11.8. The van der Waals surface area contributed by atoms with Crippen molar-refractivity contribution >= 4 is 22.8 Å². The lowest BCUT2D eigenvalue weighted by Gasteiger charge is -2.30. The second-order valence-electron chi connectivity index (χ2n) is 11.8. The summed E-state index contributed by atoms with van der Waals surface area (Å²) in [6.07, 6.45) is 4.46. The quantitative estimate of drug-likeness (QED) is 0.0679. The minimum absolute atomic E-state index is 0.00168. The Morgan fingerprint density at radius 2 is 1.81 bits per heavy atom. The first-order chi connectivity index (χ1) is 23.0. The van der Waals surface area contributed by atoms with Crippen LogP contribution in [0, 0.1) is 17.5 Å². The highest BCUT2D eigenvalue weighted by Crippen LogP contribution is 2.40. The Bertz CT molecular complexity index is 1940. The van der Waals surface area contributed by atoms with Crippen LogP contribution in [0.1, 0.15) is 61.4 Å². The number of esters is 1. The molecule has 252 valence electrons. The number of aromatic amines is 2. The van der Waals surface area contributed by atoms with Gasteiger partial charge in [-0.05, 0) is 74.4 Å². The predicted octanol–water partition coefficient (Wildman–Crippen LogP) is 7.36. The van der Waals surface area contributed by atoms with Gasteiger partial charge in [0.15, 0.2) is 11.6 Å². The minimum Gasteiger partial charge on any atom is -0.481 e. The summed E-state index contributed by atoms with van der Waals surface area (Å²) in [6.45, 7) is 1.79. The summed E-state index contributed by atoms with van der Waals surface area (Å²) in [7, 11) is 1.27. The lowest BCUT2D eigenvalue weighted by Crippen LogP contribution is -2.26. The molecule has 3 aromatic carbocycles. The lowest BCUT2D eigenvalue weighted by molar-refractivity contribution is -0.140.